The van der Waals surface area contributed by atoms with Crippen LogP contribution >= 0.6 is 0 Å². The van der Waals surface area contributed by atoms with E-state index in [0.717, 1.165) is 6.42 Å². The second-order valence-corrected chi connectivity index (χ2v) is 5.27. The van der Waals surface area contributed by atoms with Crippen molar-refractivity contribution in [1.82, 2.24) is 4.90 Å². The van der Waals surface area contributed by atoms with E-state index in [2.05, 4.69) is 0 Å². The van der Waals surface area contributed by atoms with Gasteiger partial charge in [-0.05, 0) is 25.0 Å². The first-order chi connectivity index (χ1) is 10.6. The first-order valence-corrected chi connectivity index (χ1v) is 7.38. The van der Waals surface area contributed by atoms with Gasteiger partial charge >= 0.3 is 5.97 Å². The number of benzene rings is 1. The Morgan fingerprint density at radius 1 is 1.32 bits per heavy atom. The minimum Gasteiger partial charge on any atom is -0.493 e. The molecule has 1 heterocycles. The Morgan fingerprint density at radius 3 is 2.73 bits per heavy atom. The molecule has 1 aliphatic heterocycles. The second kappa shape index (κ2) is 7.68. The van der Waals surface area contributed by atoms with Gasteiger partial charge in [0.05, 0.1) is 26.1 Å². The van der Waals surface area contributed by atoms with E-state index >= 15 is 0 Å². The Morgan fingerprint density at radius 2 is 2.05 bits per heavy atom. The first kappa shape index (κ1) is 16.1. The topological polar surface area (TPSA) is 76.1 Å². The number of aliphatic carboxylic acids is 1. The van der Waals surface area contributed by atoms with Crippen molar-refractivity contribution in [2.75, 3.05) is 26.8 Å². The Balaban J connectivity index is 1.81. The Kier molecular flexibility index (Phi) is 5.63. The van der Waals surface area contributed by atoms with E-state index in [0.29, 0.717) is 31.0 Å². The molecule has 6 heteroatoms. The summed E-state index contributed by atoms with van der Waals surface area (Å²) in [6.45, 7) is 1.16. The van der Waals surface area contributed by atoms with E-state index in [4.69, 9.17) is 14.6 Å². The van der Waals surface area contributed by atoms with Crippen LogP contribution in [0, 0.1) is 5.92 Å². The van der Waals surface area contributed by atoms with Gasteiger partial charge in [-0.25, -0.2) is 0 Å². The second-order valence-electron chi connectivity index (χ2n) is 5.27. The van der Waals surface area contributed by atoms with Crippen LogP contribution in [0.3, 0.4) is 0 Å². The van der Waals surface area contributed by atoms with Crippen molar-refractivity contribution >= 4 is 11.9 Å². The Bertz CT molecular complexity index is 531. The summed E-state index contributed by atoms with van der Waals surface area (Å²) in [5.74, 6) is -0.129. The molecule has 1 N–H and O–H groups in total. The number of carbonyl (C=O) groups excluding carboxylic acids is 1. The largest absolute Gasteiger partial charge is 0.493 e. The fourth-order valence-electron chi connectivity index (χ4n) is 2.55. The lowest BCUT2D eigenvalue weighted by Gasteiger charge is -2.30. The molecule has 0 radical (unpaired) electrons. The van der Waals surface area contributed by atoms with Gasteiger partial charge in [0.25, 0.3) is 0 Å². The van der Waals surface area contributed by atoms with Crippen LogP contribution in [0.1, 0.15) is 19.3 Å². The van der Waals surface area contributed by atoms with E-state index in [1.165, 1.54) is 0 Å². The molecule has 1 saturated heterocycles. The van der Waals surface area contributed by atoms with Crippen LogP contribution < -0.4 is 9.47 Å². The fourth-order valence-corrected chi connectivity index (χ4v) is 2.55. The summed E-state index contributed by atoms with van der Waals surface area (Å²) < 4.78 is 10.7. The number of carbonyl (C=O) groups is 2. The van der Waals surface area contributed by atoms with E-state index < -0.39 is 11.9 Å². The minimum atomic E-state index is -0.831. The molecule has 1 atom stereocenters. The van der Waals surface area contributed by atoms with Crippen molar-refractivity contribution in [3.8, 4) is 11.5 Å². The highest BCUT2D eigenvalue weighted by Gasteiger charge is 2.27. The molecule has 1 aromatic rings. The summed E-state index contributed by atoms with van der Waals surface area (Å²) in [5, 5.41) is 9.04. The zero-order chi connectivity index (χ0) is 15.9. The number of carboxylic acid groups (broad SMARTS) is 1. The van der Waals surface area contributed by atoms with Crippen molar-refractivity contribution in [3.05, 3.63) is 24.3 Å². The van der Waals surface area contributed by atoms with Gasteiger partial charge in [-0.1, -0.05) is 12.1 Å². The number of hydrogen-bond donors (Lipinski definition) is 1. The maximum absolute atomic E-state index is 12.1. The standard InChI is InChI=1S/C16H21NO5/c1-21-13-6-2-3-7-14(13)22-10-8-15(18)17-9-4-5-12(11-17)16(19)20/h2-3,6-7,12H,4-5,8-11H2,1H3,(H,19,20). The van der Waals surface area contributed by atoms with E-state index in [1.807, 2.05) is 12.1 Å². The lowest BCUT2D eigenvalue weighted by Crippen LogP contribution is -2.42. The number of amides is 1. The molecular weight excluding hydrogens is 286 g/mol. The van der Waals surface area contributed by atoms with Gasteiger partial charge in [-0.3, -0.25) is 9.59 Å². The van der Waals surface area contributed by atoms with Crippen LogP contribution in [-0.4, -0.2) is 48.7 Å². The summed E-state index contributed by atoms with van der Waals surface area (Å²) in [4.78, 5) is 24.8. The maximum atomic E-state index is 12.1. The van der Waals surface area contributed by atoms with E-state index in [1.54, 1.807) is 24.1 Å². The minimum absolute atomic E-state index is 0.0687. The molecule has 1 aliphatic rings. The number of likely N-dealkylation sites (tertiary alicyclic amines) is 1. The van der Waals surface area contributed by atoms with Gasteiger partial charge in [0.1, 0.15) is 0 Å². The molecule has 22 heavy (non-hydrogen) atoms. The van der Waals surface area contributed by atoms with Gasteiger partial charge in [0.15, 0.2) is 11.5 Å². The zero-order valence-electron chi connectivity index (χ0n) is 12.7. The van der Waals surface area contributed by atoms with E-state index in [9.17, 15) is 9.59 Å². The van der Waals surface area contributed by atoms with Crippen LogP contribution in [0.2, 0.25) is 0 Å². The van der Waals surface area contributed by atoms with E-state index in [-0.39, 0.29) is 18.9 Å². The molecule has 1 fully saturated rings. The van der Waals surface area contributed by atoms with Gasteiger partial charge in [-0.15, -0.1) is 0 Å². The molecule has 6 nitrogen and oxygen atoms in total. The van der Waals surface area contributed by atoms with Gasteiger partial charge in [0, 0.05) is 13.1 Å². The highest BCUT2D eigenvalue weighted by molar-refractivity contribution is 5.78. The molecule has 0 spiro atoms. The average molecular weight is 307 g/mol. The van der Waals surface area contributed by atoms with Crippen LogP contribution in [-0.2, 0) is 9.59 Å². The van der Waals surface area contributed by atoms with Gasteiger partial charge in [0.2, 0.25) is 5.91 Å². The number of carboxylic acids is 1. The lowest BCUT2D eigenvalue weighted by molar-refractivity contribution is -0.145. The van der Waals surface area contributed by atoms with Crippen LogP contribution in [0.15, 0.2) is 24.3 Å². The third-order valence-corrected chi connectivity index (χ3v) is 3.77. The summed E-state index contributed by atoms with van der Waals surface area (Å²) in [7, 11) is 1.56. The number of hydrogen-bond acceptors (Lipinski definition) is 4. The number of para-hydroxylation sites is 2. The van der Waals surface area contributed by atoms with Crippen LogP contribution in [0.25, 0.3) is 0 Å². The molecule has 1 aromatic carbocycles. The number of nitrogens with zero attached hydrogens (tertiary/aromatic N) is 1. The smallest absolute Gasteiger partial charge is 0.308 e. The zero-order valence-corrected chi connectivity index (χ0v) is 12.7. The maximum Gasteiger partial charge on any atom is 0.308 e. The molecule has 0 aromatic heterocycles. The van der Waals surface area contributed by atoms with Crippen molar-refractivity contribution in [1.29, 1.82) is 0 Å². The van der Waals surface area contributed by atoms with Crippen LogP contribution in [0.4, 0.5) is 0 Å². The molecule has 1 amide bonds. The number of ether oxygens (including phenoxy) is 2. The molecule has 1 unspecified atom stereocenters. The van der Waals surface area contributed by atoms with Crippen molar-refractivity contribution < 1.29 is 24.2 Å². The monoisotopic (exact) mass is 307 g/mol. The molecule has 0 bridgehead atoms. The van der Waals surface area contributed by atoms with Crippen molar-refractivity contribution in [3.63, 3.8) is 0 Å². The highest BCUT2D eigenvalue weighted by atomic mass is 16.5. The van der Waals surface area contributed by atoms with Gasteiger partial charge < -0.3 is 19.5 Å². The first-order valence-electron chi connectivity index (χ1n) is 7.38. The van der Waals surface area contributed by atoms with Crippen LogP contribution in [0.5, 0.6) is 11.5 Å². The highest BCUT2D eigenvalue weighted by Crippen LogP contribution is 2.26. The summed E-state index contributed by atoms with van der Waals surface area (Å²) in [6.07, 6.45) is 1.59. The summed E-state index contributed by atoms with van der Waals surface area (Å²) in [6, 6.07) is 7.25. The molecule has 0 aliphatic carbocycles. The van der Waals surface area contributed by atoms with Crippen molar-refractivity contribution in [2.45, 2.75) is 19.3 Å². The number of methoxy groups -OCH3 is 1. The third kappa shape index (κ3) is 4.13. The average Bonchev–Trinajstić information content (AvgIpc) is 2.55. The third-order valence-electron chi connectivity index (χ3n) is 3.77. The van der Waals surface area contributed by atoms with Gasteiger partial charge in [-0.2, -0.15) is 0 Å². The molecule has 0 saturated carbocycles. The number of piperidine rings is 1. The number of rotatable bonds is 6. The molecular formula is C16H21NO5. The molecule has 120 valence electrons. The SMILES string of the molecule is COc1ccccc1OCCC(=O)N1CCCC(C(=O)O)C1. The Labute approximate surface area is 129 Å². The normalized spacial score (nSPS) is 17.9. The predicted molar refractivity (Wildman–Crippen MR) is 80.0 cm³/mol. The lowest BCUT2D eigenvalue weighted by atomic mass is 9.98. The summed E-state index contributed by atoms with van der Waals surface area (Å²) >= 11 is 0. The predicted octanol–water partition coefficient (Wildman–Crippen LogP) is 1.79. The van der Waals surface area contributed by atoms with Crippen molar-refractivity contribution in [2.24, 2.45) is 5.92 Å². The quantitative estimate of drug-likeness (QED) is 0.867. The molecule has 2 rings (SSSR count). The fraction of sp³-hybridized carbons (Fsp3) is 0.500. The summed E-state index contributed by atoms with van der Waals surface area (Å²) in [5.41, 5.74) is 0. The Hall–Kier alpha value is -2.24.